The molecule has 2 aromatic carbocycles. The lowest BCUT2D eigenvalue weighted by molar-refractivity contribution is -0.147. The van der Waals surface area contributed by atoms with Crippen molar-refractivity contribution in [2.75, 3.05) is 59.3 Å². The summed E-state index contributed by atoms with van der Waals surface area (Å²) in [6.45, 7) is 11.3. The smallest absolute Gasteiger partial charge is 0.411 e. The third-order valence-electron chi connectivity index (χ3n) is 9.52. The summed E-state index contributed by atoms with van der Waals surface area (Å²) in [7, 11) is -2.09. The molecule has 0 spiro atoms. The normalized spacial score (nSPS) is 18.2. The number of ether oxygens (including phenoxy) is 3. The van der Waals surface area contributed by atoms with E-state index in [9.17, 15) is 18.0 Å². The van der Waals surface area contributed by atoms with E-state index < -0.39 is 33.7 Å². The van der Waals surface area contributed by atoms with E-state index in [1.54, 1.807) is 32.9 Å². The molecule has 3 aliphatic rings. The lowest BCUT2D eigenvalue weighted by Crippen LogP contribution is -2.46. The Hall–Kier alpha value is -3.93. The minimum Gasteiger partial charge on any atom is -0.467 e. The van der Waals surface area contributed by atoms with Gasteiger partial charge in [-0.3, -0.25) is 14.5 Å². The maximum absolute atomic E-state index is 13.0. The number of rotatable bonds is 7. The molecule has 3 aliphatic heterocycles. The van der Waals surface area contributed by atoms with Gasteiger partial charge in [0.15, 0.2) is 6.04 Å². The molecule has 6 rings (SSSR count). The molecule has 0 N–H and O–H groups in total. The second kappa shape index (κ2) is 15.6. The van der Waals surface area contributed by atoms with Crippen LogP contribution in [0.15, 0.2) is 36.4 Å². The van der Waals surface area contributed by atoms with Gasteiger partial charge in [-0.2, -0.15) is 9.40 Å². The predicted molar refractivity (Wildman–Crippen MR) is 197 cm³/mol. The van der Waals surface area contributed by atoms with Crippen molar-refractivity contribution < 1.29 is 32.2 Å². The number of esters is 1. The molecule has 3 aromatic rings. The Morgan fingerprint density at radius 2 is 1.79 bits per heavy atom. The van der Waals surface area contributed by atoms with Gasteiger partial charge >= 0.3 is 12.1 Å². The molecule has 0 radical (unpaired) electrons. The first-order chi connectivity index (χ1) is 24.7. The zero-order valence-electron chi connectivity index (χ0n) is 30.4. The number of amides is 1. The van der Waals surface area contributed by atoms with Crippen LogP contribution in [-0.4, -0.2) is 109 Å². The maximum Gasteiger partial charge on any atom is 0.411 e. The molecule has 1 saturated heterocycles. The second-order valence-electron chi connectivity index (χ2n) is 14.4. The summed E-state index contributed by atoms with van der Waals surface area (Å²) in [5, 5.41) is 5.53. The molecule has 14 heteroatoms. The molecule has 1 aromatic heterocycles. The molecule has 0 saturated carbocycles. The van der Waals surface area contributed by atoms with E-state index in [2.05, 4.69) is 16.7 Å². The van der Waals surface area contributed by atoms with Crippen molar-refractivity contribution in [2.45, 2.75) is 64.8 Å². The molecular formula is C38H46ClN5O7S. The van der Waals surface area contributed by atoms with E-state index in [-0.39, 0.29) is 13.1 Å². The fourth-order valence-electron chi connectivity index (χ4n) is 6.93. The van der Waals surface area contributed by atoms with Gasteiger partial charge in [0.1, 0.15) is 5.60 Å². The Bertz CT molecular complexity index is 2010. The van der Waals surface area contributed by atoms with Crippen LogP contribution < -0.4 is 0 Å². The minimum absolute atomic E-state index is 0.254. The van der Waals surface area contributed by atoms with Gasteiger partial charge in [-0.25, -0.2) is 18.0 Å². The van der Waals surface area contributed by atoms with Gasteiger partial charge < -0.3 is 14.2 Å². The molecule has 1 unspecified atom stereocenters. The number of hydrogen-bond donors (Lipinski definition) is 0. The Labute approximate surface area is 311 Å². The van der Waals surface area contributed by atoms with Crippen LogP contribution in [0.2, 0.25) is 5.02 Å². The predicted octanol–water partition coefficient (Wildman–Crippen LogP) is 4.65. The quantitative estimate of drug-likeness (QED) is 0.251. The molecule has 1 amide bonds. The molecule has 0 aliphatic carbocycles. The third-order valence-corrected chi connectivity index (χ3v) is 11.1. The highest BCUT2D eigenvalue weighted by Gasteiger charge is 2.39. The van der Waals surface area contributed by atoms with Crippen molar-refractivity contribution in [1.82, 2.24) is 23.9 Å². The number of nitrogens with zero attached hydrogens (tertiary/aromatic N) is 5. The average Bonchev–Trinajstić information content (AvgIpc) is 3.47. The first-order valence-electron chi connectivity index (χ1n) is 17.6. The number of methoxy groups -OCH3 is 1. The maximum atomic E-state index is 13.0. The van der Waals surface area contributed by atoms with E-state index in [1.807, 2.05) is 28.9 Å². The molecule has 1 fully saturated rings. The summed E-state index contributed by atoms with van der Waals surface area (Å²) in [4.78, 5) is 29.7. The highest BCUT2D eigenvalue weighted by Crippen LogP contribution is 2.35. The first-order valence-corrected chi connectivity index (χ1v) is 19.8. The average molecular weight is 752 g/mol. The molecule has 4 heterocycles. The van der Waals surface area contributed by atoms with E-state index in [4.69, 9.17) is 30.9 Å². The van der Waals surface area contributed by atoms with Crippen LogP contribution in [0.25, 0.3) is 11.3 Å². The van der Waals surface area contributed by atoms with Gasteiger partial charge in [0.2, 0.25) is 10.0 Å². The molecule has 0 bridgehead atoms. The number of carbonyl (C=O) groups is 2. The number of carbonyl (C=O) groups excluding carboxylic acids is 2. The summed E-state index contributed by atoms with van der Waals surface area (Å²) in [6, 6.07) is 10.2. The van der Waals surface area contributed by atoms with E-state index in [0.717, 1.165) is 79.5 Å². The lowest BCUT2D eigenvalue weighted by atomic mass is 9.91. The zero-order valence-corrected chi connectivity index (χ0v) is 32.0. The fourth-order valence-corrected chi connectivity index (χ4v) is 7.88. The van der Waals surface area contributed by atoms with Crippen LogP contribution in [0.3, 0.4) is 0 Å². The molecule has 12 nitrogen and oxygen atoms in total. The van der Waals surface area contributed by atoms with Gasteiger partial charge in [-0.1, -0.05) is 35.6 Å². The van der Waals surface area contributed by atoms with Crippen molar-refractivity contribution in [2.24, 2.45) is 0 Å². The molecule has 52 heavy (non-hydrogen) atoms. The van der Waals surface area contributed by atoms with E-state index >= 15 is 0 Å². The monoisotopic (exact) mass is 751 g/mol. The SMILES string of the molecule is COC(=O)C1c2ccc(C#Cc3cc(-c4nn(CCCN5CCOCC5)c5c4CN(S(C)(=O)=O)CC5)ccc3Cl)cc2CCN1C(=O)OC(C)(C)C. The van der Waals surface area contributed by atoms with Crippen LogP contribution in [-0.2, 0) is 55.0 Å². The topological polar surface area (TPSA) is 124 Å². The van der Waals surface area contributed by atoms with Crippen molar-refractivity contribution in [1.29, 1.82) is 0 Å². The van der Waals surface area contributed by atoms with Crippen molar-refractivity contribution >= 4 is 33.7 Å². The number of benzene rings is 2. The number of hydrogen-bond acceptors (Lipinski definition) is 9. The fraction of sp³-hybridized carbons (Fsp3) is 0.500. The summed E-state index contributed by atoms with van der Waals surface area (Å²) in [5.74, 6) is 5.90. The number of aromatic nitrogens is 2. The Balaban J connectivity index is 1.27. The number of halogens is 1. The van der Waals surface area contributed by atoms with Gasteiger partial charge in [0.05, 0.1) is 37.3 Å². The van der Waals surface area contributed by atoms with Crippen molar-refractivity contribution in [3.63, 3.8) is 0 Å². The highest BCUT2D eigenvalue weighted by molar-refractivity contribution is 7.88. The van der Waals surface area contributed by atoms with Gasteiger partial charge in [0.25, 0.3) is 0 Å². The van der Waals surface area contributed by atoms with Crippen LogP contribution in [0.4, 0.5) is 4.79 Å². The second-order valence-corrected chi connectivity index (χ2v) is 16.7. The summed E-state index contributed by atoms with van der Waals surface area (Å²) in [6.07, 6.45) is 2.68. The van der Waals surface area contributed by atoms with E-state index in [1.165, 1.54) is 22.6 Å². The highest BCUT2D eigenvalue weighted by atomic mass is 35.5. The number of fused-ring (bicyclic) bond motifs is 2. The molecular weight excluding hydrogens is 706 g/mol. The Morgan fingerprint density at radius 3 is 2.50 bits per heavy atom. The van der Waals surface area contributed by atoms with E-state index in [0.29, 0.717) is 35.5 Å². The summed E-state index contributed by atoms with van der Waals surface area (Å²) < 4.78 is 44.8. The standard InChI is InChI=1S/C38H46ClN5O7S/c1-38(2,3)51-37(46)43-18-13-27-23-26(8-11-30(27)35(43)36(45)49-4)7-9-28-24-29(10-12-32(28)39)34-31-25-42(52(5,47)48)17-14-33(31)44(40-34)16-6-15-41-19-21-50-22-20-41/h8,10-12,23-24,35H,6,13-22,25H2,1-5H3. The van der Waals surface area contributed by atoms with Crippen LogP contribution in [0.5, 0.6) is 0 Å². The summed E-state index contributed by atoms with van der Waals surface area (Å²) >= 11 is 6.67. The van der Waals surface area contributed by atoms with Crippen LogP contribution in [0.1, 0.15) is 66.7 Å². The van der Waals surface area contributed by atoms with Gasteiger partial charge in [-0.05, 0) is 69.0 Å². The van der Waals surface area contributed by atoms with Crippen molar-refractivity contribution in [3.05, 3.63) is 74.9 Å². The third kappa shape index (κ3) is 8.64. The van der Waals surface area contributed by atoms with Crippen LogP contribution >= 0.6 is 11.6 Å². The minimum atomic E-state index is -3.39. The number of sulfonamides is 1. The largest absolute Gasteiger partial charge is 0.467 e. The molecule has 1 atom stereocenters. The lowest BCUT2D eigenvalue weighted by Gasteiger charge is -2.36. The van der Waals surface area contributed by atoms with Crippen molar-refractivity contribution in [3.8, 4) is 23.1 Å². The van der Waals surface area contributed by atoms with Gasteiger partial charge in [-0.15, -0.1) is 0 Å². The molecule has 278 valence electrons. The first kappa shape index (κ1) is 37.8. The zero-order chi connectivity index (χ0) is 37.2. The number of morpholine rings is 1. The van der Waals surface area contributed by atoms with Gasteiger partial charge in [0, 0.05) is 80.2 Å². The number of aryl methyl sites for hydroxylation is 1. The Kier molecular flexibility index (Phi) is 11.3. The Morgan fingerprint density at radius 1 is 1.02 bits per heavy atom. The summed E-state index contributed by atoms with van der Waals surface area (Å²) in [5.41, 5.74) is 5.67. The van der Waals surface area contributed by atoms with Crippen LogP contribution in [0, 0.1) is 11.8 Å².